The summed E-state index contributed by atoms with van der Waals surface area (Å²) < 4.78 is 24.7. The van der Waals surface area contributed by atoms with Gasteiger partial charge in [0.25, 0.3) is 0 Å². The van der Waals surface area contributed by atoms with Crippen molar-refractivity contribution in [3.05, 3.63) is 47.5 Å². The van der Waals surface area contributed by atoms with E-state index in [0.717, 1.165) is 11.8 Å². The van der Waals surface area contributed by atoms with Crippen LogP contribution in [0.4, 0.5) is 21.6 Å². The fraction of sp³-hybridized carbons (Fsp3) is 0.222. The molecule has 0 unspecified atom stereocenters. The van der Waals surface area contributed by atoms with Crippen molar-refractivity contribution in [1.82, 2.24) is 9.97 Å². The Labute approximate surface area is 159 Å². The summed E-state index contributed by atoms with van der Waals surface area (Å²) in [6, 6.07) is 7.96. The van der Waals surface area contributed by atoms with Gasteiger partial charge in [-0.15, -0.1) is 0 Å². The average Bonchev–Trinajstić information content (AvgIpc) is 3.17. The molecule has 0 spiro atoms. The molecule has 2 aromatic carbocycles. The summed E-state index contributed by atoms with van der Waals surface area (Å²) in [5.74, 6) is 6.32. The second-order valence-corrected chi connectivity index (χ2v) is 6.50. The first-order valence-corrected chi connectivity index (χ1v) is 8.73. The number of fused-ring (bicyclic) bond motifs is 1. The highest BCUT2D eigenvalue weighted by atomic mass is 35.5. The molecule has 9 heteroatoms. The van der Waals surface area contributed by atoms with Gasteiger partial charge in [0.15, 0.2) is 0 Å². The number of hydrazine groups is 1. The van der Waals surface area contributed by atoms with Crippen LogP contribution >= 0.6 is 11.6 Å². The summed E-state index contributed by atoms with van der Waals surface area (Å²) in [7, 11) is 0. The number of hydrogen-bond donors (Lipinski definition) is 3. The number of aromatic nitrogens is 2. The van der Waals surface area contributed by atoms with Crippen LogP contribution in [0.5, 0.6) is 5.75 Å². The first kappa shape index (κ1) is 17.7. The van der Waals surface area contributed by atoms with Gasteiger partial charge in [-0.1, -0.05) is 11.6 Å². The molecule has 2 heterocycles. The van der Waals surface area contributed by atoms with Crippen molar-refractivity contribution >= 4 is 39.7 Å². The highest BCUT2D eigenvalue weighted by molar-refractivity contribution is 6.31. The van der Waals surface area contributed by atoms with Crippen LogP contribution in [0.25, 0.3) is 10.9 Å². The van der Waals surface area contributed by atoms with Crippen LogP contribution in [-0.4, -0.2) is 29.3 Å². The summed E-state index contributed by atoms with van der Waals surface area (Å²) >= 11 is 5.85. The Morgan fingerprint density at radius 2 is 2.15 bits per heavy atom. The lowest BCUT2D eigenvalue weighted by molar-refractivity contribution is 0.142. The summed E-state index contributed by atoms with van der Waals surface area (Å²) in [6.45, 7) is 1.23. The summed E-state index contributed by atoms with van der Waals surface area (Å²) in [5, 5.41) is 3.88. The smallest absolute Gasteiger partial charge is 0.146 e. The predicted molar refractivity (Wildman–Crippen MR) is 102 cm³/mol. The van der Waals surface area contributed by atoms with Crippen molar-refractivity contribution in [3.63, 3.8) is 0 Å². The number of nitrogens with one attached hydrogen (secondary N) is 2. The van der Waals surface area contributed by atoms with Gasteiger partial charge in [0.2, 0.25) is 0 Å². The van der Waals surface area contributed by atoms with Crippen LogP contribution in [0, 0.1) is 5.82 Å². The normalized spacial score (nSPS) is 16.5. The van der Waals surface area contributed by atoms with Crippen LogP contribution in [0.3, 0.4) is 0 Å². The standard InChI is InChI=1S/C18H17ClFN5O2/c19-13-5-10(1-2-14(13)20)24-18-12-6-16(25-21)17(7-15(12)22-9-23-18)27-11-3-4-26-8-11/h1-2,5-7,9,11,25H,3-4,8,21H2,(H,22,23,24)/t11-/m0/s1. The highest BCUT2D eigenvalue weighted by Gasteiger charge is 2.20. The van der Waals surface area contributed by atoms with E-state index in [-0.39, 0.29) is 11.1 Å². The van der Waals surface area contributed by atoms with Gasteiger partial charge in [-0.3, -0.25) is 5.84 Å². The zero-order chi connectivity index (χ0) is 18.8. The first-order chi connectivity index (χ1) is 13.1. The van der Waals surface area contributed by atoms with Crippen molar-refractivity contribution in [3.8, 4) is 5.75 Å². The molecule has 0 aliphatic carbocycles. The van der Waals surface area contributed by atoms with Gasteiger partial charge in [0.05, 0.1) is 29.4 Å². The number of hydrogen-bond acceptors (Lipinski definition) is 7. The number of halogens is 2. The van der Waals surface area contributed by atoms with E-state index < -0.39 is 5.82 Å². The maximum absolute atomic E-state index is 13.4. The Bertz CT molecular complexity index is 981. The monoisotopic (exact) mass is 389 g/mol. The molecular formula is C18H17ClFN5O2. The first-order valence-electron chi connectivity index (χ1n) is 8.36. The van der Waals surface area contributed by atoms with Crippen LogP contribution in [0.15, 0.2) is 36.7 Å². The van der Waals surface area contributed by atoms with E-state index in [1.165, 1.54) is 18.5 Å². The molecule has 1 saturated heterocycles. The van der Waals surface area contributed by atoms with E-state index >= 15 is 0 Å². The largest absolute Gasteiger partial charge is 0.486 e. The van der Waals surface area contributed by atoms with Crippen molar-refractivity contribution in [1.29, 1.82) is 0 Å². The number of rotatable bonds is 5. The Morgan fingerprint density at radius 3 is 2.89 bits per heavy atom. The van der Waals surface area contributed by atoms with Crippen molar-refractivity contribution in [2.75, 3.05) is 24.0 Å². The van der Waals surface area contributed by atoms with Crippen LogP contribution in [0.1, 0.15) is 6.42 Å². The van der Waals surface area contributed by atoms with Crippen molar-refractivity contribution in [2.24, 2.45) is 5.84 Å². The molecule has 7 nitrogen and oxygen atoms in total. The lowest BCUT2D eigenvalue weighted by Gasteiger charge is -2.17. The molecule has 1 fully saturated rings. The fourth-order valence-electron chi connectivity index (χ4n) is 2.89. The molecule has 0 bridgehead atoms. The van der Waals surface area contributed by atoms with E-state index in [2.05, 4.69) is 20.7 Å². The molecule has 0 saturated carbocycles. The van der Waals surface area contributed by atoms with Crippen molar-refractivity contribution < 1.29 is 13.9 Å². The average molecular weight is 390 g/mol. The zero-order valence-corrected chi connectivity index (χ0v) is 15.0. The minimum atomic E-state index is -0.484. The minimum absolute atomic E-state index is 0.0182. The molecule has 1 atom stereocenters. The second kappa shape index (κ2) is 7.51. The van der Waals surface area contributed by atoms with E-state index in [9.17, 15) is 4.39 Å². The van der Waals surface area contributed by atoms with Crippen LogP contribution in [-0.2, 0) is 4.74 Å². The van der Waals surface area contributed by atoms with Gasteiger partial charge in [-0.2, -0.15) is 0 Å². The molecule has 1 aliphatic rings. The molecular weight excluding hydrogens is 373 g/mol. The van der Waals surface area contributed by atoms with E-state index in [4.69, 9.17) is 26.9 Å². The third kappa shape index (κ3) is 3.73. The third-order valence-electron chi connectivity index (χ3n) is 4.26. The van der Waals surface area contributed by atoms with Gasteiger partial charge in [-0.05, 0) is 24.3 Å². The molecule has 1 aliphatic heterocycles. The number of nitrogens with zero attached hydrogens (tertiary/aromatic N) is 2. The number of nitrogen functional groups attached to an aromatic ring is 1. The molecule has 3 aromatic rings. The fourth-order valence-corrected chi connectivity index (χ4v) is 3.07. The molecule has 0 amide bonds. The molecule has 140 valence electrons. The van der Waals surface area contributed by atoms with Crippen LogP contribution in [0.2, 0.25) is 5.02 Å². The summed E-state index contributed by atoms with van der Waals surface area (Å²) in [6.07, 6.45) is 2.24. The van der Waals surface area contributed by atoms with Crippen LogP contribution < -0.4 is 21.3 Å². The quantitative estimate of drug-likeness (QED) is 0.453. The Morgan fingerprint density at radius 1 is 1.26 bits per heavy atom. The highest BCUT2D eigenvalue weighted by Crippen LogP contribution is 2.34. The maximum atomic E-state index is 13.4. The summed E-state index contributed by atoms with van der Waals surface area (Å²) in [5.41, 5.74) is 4.53. The van der Waals surface area contributed by atoms with Gasteiger partial charge in [0, 0.05) is 23.6 Å². The summed E-state index contributed by atoms with van der Waals surface area (Å²) in [4.78, 5) is 8.58. The Kier molecular flexibility index (Phi) is 4.93. The number of nitrogens with two attached hydrogens (primary N) is 1. The minimum Gasteiger partial charge on any atom is -0.486 e. The van der Waals surface area contributed by atoms with Gasteiger partial charge >= 0.3 is 0 Å². The Balaban J connectivity index is 1.70. The SMILES string of the molecule is NNc1cc2c(Nc3ccc(F)c(Cl)c3)ncnc2cc1O[C@H]1CCOC1. The van der Waals surface area contributed by atoms with E-state index in [1.807, 2.05) is 0 Å². The lowest BCUT2D eigenvalue weighted by Crippen LogP contribution is -2.18. The second-order valence-electron chi connectivity index (χ2n) is 6.09. The van der Waals surface area contributed by atoms with Gasteiger partial charge in [-0.25, -0.2) is 14.4 Å². The topological polar surface area (TPSA) is 94.3 Å². The molecule has 0 radical (unpaired) electrons. The van der Waals surface area contributed by atoms with Gasteiger partial charge in [0.1, 0.15) is 29.8 Å². The van der Waals surface area contributed by atoms with Crippen molar-refractivity contribution in [2.45, 2.75) is 12.5 Å². The van der Waals surface area contributed by atoms with Gasteiger partial charge < -0.3 is 20.2 Å². The third-order valence-corrected chi connectivity index (χ3v) is 4.55. The number of ether oxygens (including phenoxy) is 2. The molecule has 4 N–H and O–H groups in total. The van der Waals surface area contributed by atoms with E-state index in [0.29, 0.717) is 41.7 Å². The lowest BCUT2D eigenvalue weighted by atomic mass is 10.2. The molecule has 1 aromatic heterocycles. The van der Waals surface area contributed by atoms with E-state index in [1.54, 1.807) is 18.2 Å². The maximum Gasteiger partial charge on any atom is 0.146 e. The molecule has 4 rings (SSSR count). The molecule has 27 heavy (non-hydrogen) atoms. The number of benzene rings is 2. The Hall–Kier alpha value is -2.68. The predicted octanol–water partition coefficient (Wildman–Crippen LogP) is 3.62. The number of anilines is 3. The zero-order valence-electron chi connectivity index (χ0n) is 14.2.